The van der Waals surface area contributed by atoms with Crippen LogP contribution in [-0.2, 0) is 11.3 Å². The highest BCUT2D eigenvalue weighted by molar-refractivity contribution is 8.18. The number of benzene rings is 2. The largest absolute Gasteiger partial charge is 0.490 e. The van der Waals surface area contributed by atoms with Crippen molar-refractivity contribution in [1.29, 1.82) is 0 Å². The lowest BCUT2D eigenvalue weighted by Crippen LogP contribution is -2.27. The van der Waals surface area contributed by atoms with E-state index in [1.165, 1.54) is 24.3 Å². The molecular formula is C20H16ClF2NO4S. The molecule has 3 rings (SSSR count). The number of imide groups is 1. The van der Waals surface area contributed by atoms with Crippen LogP contribution in [0.5, 0.6) is 11.5 Å². The monoisotopic (exact) mass is 439 g/mol. The molecule has 0 saturated carbocycles. The molecule has 1 aliphatic rings. The fourth-order valence-corrected chi connectivity index (χ4v) is 3.60. The van der Waals surface area contributed by atoms with Gasteiger partial charge in [-0.1, -0.05) is 29.8 Å². The van der Waals surface area contributed by atoms with Crippen LogP contribution >= 0.6 is 23.4 Å². The minimum Gasteiger partial charge on any atom is -0.490 e. The predicted octanol–water partition coefficient (Wildman–Crippen LogP) is 5.58. The van der Waals surface area contributed by atoms with Crippen LogP contribution in [0.2, 0.25) is 5.02 Å². The summed E-state index contributed by atoms with van der Waals surface area (Å²) < 4.78 is 34.8. The fourth-order valence-electron chi connectivity index (χ4n) is 2.64. The molecule has 0 radical (unpaired) electrons. The molecule has 0 N–H and O–H groups in total. The van der Waals surface area contributed by atoms with E-state index in [0.29, 0.717) is 10.6 Å². The van der Waals surface area contributed by atoms with Crippen molar-refractivity contribution in [2.24, 2.45) is 0 Å². The highest BCUT2D eigenvalue weighted by Crippen LogP contribution is 2.35. The molecule has 1 heterocycles. The van der Waals surface area contributed by atoms with Gasteiger partial charge in [-0.2, -0.15) is 8.78 Å². The normalized spacial score (nSPS) is 15.5. The molecular weight excluding hydrogens is 424 g/mol. The van der Waals surface area contributed by atoms with E-state index in [4.69, 9.17) is 16.3 Å². The standard InChI is InChI=1S/C20H16ClF2NO4S/c1-2-27-16-9-13(5-8-15(16)28-19(22)23)10-17-18(25)24(20(26)29-17)11-12-3-6-14(21)7-4-12/h3-10,19H,2,11H2,1H3/b17-10-. The Morgan fingerprint density at radius 2 is 1.86 bits per heavy atom. The van der Waals surface area contributed by atoms with Crippen molar-refractivity contribution in [2.45, 2.75) is 20.1 Å². The topological polar surface area (TPSA) is 55.8 Å². The molecule has 9 heteroatoms. The summed E-state index contributed by atoms with van der Waals surface area (Å²) in [5.41, 5.74) is 1.29. The second-order valence-corrected chi connectivity index (χ2v) is 7.34. The van der Waals surface area contributed by atoms with Gasteiger partial charge in [0.05, 0.1) is 18.1 Å². The van der Waals surface area contributed by atoms with E-state index in [1.54, 1.807) is 31.2 Å². The maximum atomic E-state index is 12.6. The number of alkyl halides is 2. The minimum atomic E-state index is -2.98. The van der Waals surface area contributed by atoms with Gasteiger partial charge in [0.15, 0.2) is 11.5 Å². The summed E-state index contributed by atoms with van der Waals surface area (Å²) in [7, 11) is 0. The number of nitrogens with zero attached hydrogens (tertiary/aromatic N) is 1. The molecule has 29 heavy (non-hydrogen) atoms. The maximum absolute atomic E-state index is 12.6. The second-order valence-electron chi connectivity index (χ2n) is 5.91. The van der Waals surface area contributed by atoms with Crippen LogP contribution in [-0.4, -0.2) is 29.3 Å². The summed E-state index contributed by atoms with van der Waals surface area (Å²) in [4.78, 5) is 26.3. The molecule has 5 nitrogen and oxygen atoms in total. The molecule has 2 amide bonds. The molecule has 0 spiro atoms. The van der Waals surface area contributed by atoms with Gasteiger partial charge in [0, 0.05) is 5.02 Å². The second kappa shape index (κ2) is 9.28. The molecule has 0 unspecified atom stereocenters. The molecule has 1 fully saturated rings. The van der Waals surface area contributed by atoms with Crippen molar-refractivity contribution >= 4 is 40.6 Å². The zero-order chi connectivity index (χ0) is 21.0. The van der Waals surface area contributed by atoms with Crippen LogP contribution < -0.4 is 9.47 Å². The first-order valence-electron chi connectivity index (χ1n) is 8.59. The summed E-state index contributed by atoms with van der Waals surface area (Å²) in [6.07, 6.45) is 1.52. The van der Waals surface area contributed by atoms with Crippen LogP contribution in [0.15, 0.2) is 47.4 Å². The lowest BCUT2D eigenvalue weighted by atomic mass is 10.1. The smallest absolute Gasteiger partial charge is 0.387 e. The number of ether oxygens (including phenoxy) is 2. The van der Waals surface area contributed by atoms with Crippen molar-refractivity contribution < 1.29 is 27.8 Å². The van der Waals surface area contributed by atoms with Gasteiger partial charge in [0.2, 0.25) is 0 Å². The quantitative estimate of drug-likeness (QED) is 0.527. The van der Waals surface area contributed by atoms with Gasteiger partial charge in [-0.05, 0) is 60.2 Å². The number of rotatable bonds is 7. The van der Waals surface area contributed by atoms with E-state index in [1.807, 2.05) is 0 Å². The Bertz CT molecular complexity index is 950. The van der Waals surface area contributed by atoms with Gasteiger partial charge in [-0.15, -0.1) is 0 Å². The van der Waals surface area contributed by atoms with Crippen molar-refractivity contribution in [3.05, 3.63) is 63.5 Å². The minimum absolute atomic E-state index is 0.102. The molecule has 1 aliphatic heterocycles. The Kier molecular flexibility index (Phi) is 6.76. The Morgan fingerprint density at radius 1 is 1.14 bits per heavy atom. The third-order valence-electron chi connectivity index (χ3n) is 3.91. The van der Waals surface area contributed by atoms with E-state index >= 15 is 0 Å². The average Bonchev–Trinajstić information content (AvgIpc) is 2.93. The third kappa shape index (κ3) is 5.27. The number of carbonyl (C=O) groups is 2. The van der Waals surface area contributed by atoms with Crippen LogP contribution in [0.3, 0.4) is 0 Å². The summed E-state index contributed by atoms with van der Waals surface area (Å²) in [6, 6.07) is 11.2. The van der Waals surface area contributed by atoms with Crippen LogP contribution in [0.25, 0.3) is 6.08 Å². The van der Waals surface area contributed by atoms with Crippen LogP contribution in [0.4, 0.5) is 13.6 Å². The van der Waals surface area contributed by atoms with Gasteiger partial charge in [-0.25, -0.2) is 0 Å². The Labute approximate surface area is 175 Å². The third-order valence-corrected chi connectivity index (χ3v) is 5.07. The lowest BCUT2D eigenvalue weighted by Gasteiger charge is -2.12. The van der Waals surface area contributed by atoms with E-state index in [9.17, 15) is 18.4 Å². The fraction of sp³-hybridized carbons (Fsp3) is 0.200. The van der Waals surface area contributed by atoms with Gasteiger partial charge in [0.25, 0.3) is 11.1 Å². The Morgan fingerprint density at radius 3 is 2.52 bits per heavy atom. The van der Waals surface area contributed by atoms with Crippen molar-refractivity contribution in [2.75, 3.05) is 6.61 Å². The predicted molar refractivity (Wildman–Crippen MR) is 107 cm³/mol. The summed E-state index contributed by atoms with van der Waals surface area (Å²) in [6.45, 7) is -0.893. The molecule has 0 aliphatic carbocycles. The summed E-state index contributed by atoms with van der Waals surface area (Å²) in [5.74, 6) is -0.405. The maximum Gasteiger partial charge on any atom is 0.387 e. The van der Waals surface area contributed by atoms with Crippen molar-refractivity contribution in [3.63, 3.8) is 0 Å². The first-order valence-corrected chi connectivity index (χ1v) is 9.78. The zero-order valence-corrected chi connectivity index (χ0v) is 16.8. The first-order chi connectivity index (χ1) is 13.9. The van der Waals surface area contributed by atoms with Crippen LogP contribution in [0.1, 0.15) is 18.1 Å². The first kappa shape index (κ1) is 21.1. The van der Waals surface area contributed by atoms with E-state index in [0.717, 1.165) is 22.2 Å². The lowest BCUT2D eigenvalue weighted by molar-refractivity contribution is -0.123. The van der Waals surface area contributed by atoms with Gasteiger partial charge in [-0.3, -0.25) is 14.5 Å². The number of amides is 2. The number of halogens is 3. The molecule has 1 saturated heterocycles. The highest BCUT2D eigenvalue weighted by Gasteiger charge is 2.35. The molecule has 2 aromatic carbocycles. The van der Waals surface area contributed by atoms with E-state index < -0.39 is 12.5 Å². The molecule has 0 bridgehead atoms. The summed E-state index contributed by atoms with van der Waals surface area (Å²) >= 11 is 6.67. The van der Waals surface area contributed by atoms with Gasteiger partial charge >= 0.3 is 6.61 Å². The summed E-state index contributed by atoms with van der Waals surface area (Å²) in [5, 5.41) is 0.172. The van der Waals surface area contributed by atoms with E-state index in [2.05, 4.69) is 4.74 Å². The Hall–Kier alpha value is -2.58. The average molecular weight is 440 g/mol. The number of hydrogen-bond donors (Lipinski definition) is 0. The Balaban J connectivity index is 1.81. The zero-order valence-electron chi connectivity index (χ0n) is 15.2. The van der Waals surface area contributed by atoms with Gasteiger partial charge < -0.3 is 9.47 Å². The molecule has 0 atom stereocenters. The van der Waals surface area contributed by atoms with Crippen molar-refractivity contribution in [3.8, 4) is 11.5 Å². The molecule has 2 aromatic rings. The SMILES string of the molecule is CCOc1cc(/C=C2\SC(=O)N(Cc3ccc(Cl)cc3)C2=O)ccc1OC(F)F. The highest BCUT2D eigenvalue weighted by atomic mass is 35.5. The number of thioether (sulfide) groups is 1. The van der Waals surface area contributed by atoms with Crippen molar-refractivity contribution in [1.82, 2.24) is 4.90 Å². The molecule has 0 aromatic heterocycles. The van der Waals surface area contributed by atoms with Gasteiger partial charge in [0.1, 0.15) is 0 Å². The molecule has 152 valence electrons. The van der Waals surface area contributed by atoms with Crippen LogP contribution in [0, 0.1) is 0 Å². The number of carbonyl (C=O) groups excluding carboxylic acids is 2. The number of hydrogen-bond acceptors (Lipinski definition) is 5. The van der Waals surface area contributed by atoms with E-state index in [-0.39, 0.29) is 34.8 Å².